The Morgan fingerprint density at radius 1 is 0.914 bits per heavy atom. The van der Waals surface area contributed by atoms with Gasteiger partial charge in [0.2, 0.25) is 5.95 Å². The van der Waals surface area contributed by atoms with Crippen molar-refractivity contribution in [2.75, 3.05) is 17.3 Å². The van der Waals surface area contributed by atoms with Gasteiger partial charge in [-0.1, -0.05) is 54.1 Å². The van der Waals surface area contributed by atoms with Gasteiger partial charge in [-0.3, -0.25) is 9.59 Å². The van der Waals surface area contributed by atoms with Crippen LogP contribution < -0.4 is 15.0 Å². The van der Waals surface area contributed by atoms with Gasteiger partial charge in [-0.15, -0.1) is 5.10 Å². The smallest absolute Gasteiger partial charge is 0.268 e. The standard InChI is InChI=1S/C26H18ClN5O3/c1-35-22-9-5-4-8-19(22)21-14-20(15-10-12-16(27)13-11-15)28-25-29-26(30-32(21)25)31-23(33)17-6-2-3-7-18(17)24(31)34/h2-14,21H,1H3,(H,28,29,30). The minimum Gasteiger partial charge on any atom is -0.496 e. The number of methoxy groups -OCH3 is 1. The van der Waals surface area contributed by atoms with Crippen LogP contribution in [0.4, 0.5) is 11.9 Å². The number of ether oxygens (including phenoxy) is 1. The molecule has 0 fully saturated rings. The van der Waals surface area contributed by atoms with Crippen LogP contribution in [-0.2, 0) is 0 Å². The van der Waals surface area contributed by atoms with Crippen LogP contribution in [0.1, 0.15) is 37.9 Å². The average molecular weight is 484 g/mol. The third kappa shape index (κ3) is 3.38. The van der Waals surface area contributed by atoms with E-state index >= 15 is 0 Å². The van der Waals surface area contributed by atoms with E-state index in [1.807, 2.05) is 42.5 Å². The molecule has 0 saturated carbocycles. The molecule has 0 aliphatic carbocycles. The lowest BCUT2D eigenvalue weighted by Gasteiger charge is -2.25. The van der Waals surface area contributed by atoms with Gasteiger partial charge in [0.1, 0.15) is 11.8 Å². The highest BCUT2D eigenvalue weighted by Gasteiger charge is 2.40. The van der Waals surface area contributed by atoms with E-state index in [1.54, 1.807) is 48.2 Å². The Bertz CT molecular complexity index is 1490. The van der Waals surface area contributed by atoms with E-state index in [9.17, 15) is 9.59 Å². The third-order valence-corrected chi connectivity index (χ3v) is 6.31. The van der Waals surface area contributed by atoms with Crippen LogP contribution in [0.15, 0.2) is 78.9 Å². The predicted octanol–water partition coefficient (Wildman–Crippen LogP) is 4.80. The quantitative estimate of drug-likeness (QED) is 0.419. The van der Waals surface area contributed by atoms with Gasteiger partial charge in [-0.25, -0.2) is 9.58 Å². The van der Waals surface area contributed by atoms with Crippen LogP contribution in [0.25, 0.3) is 5.70 Å². The molecule has 35 heavy (non-hydrogen) atoms. The Hall–Kier alpha value is -4.43. The molecular formula is C26H18ClN5O3. The lowest BCUT2D eigenvalue weighted by Crippen LogP contribution is -2.30. The van der Waals surface area contributed by atoms with Crippen LogP contribution in [0, 0.1) is 0 Å². The Kier molecular flexibility index (Phi) is 4.89. The van der Waals surface area contributed by atoms with Crippen molar-refractivity contribution in [2.24, 2.45) is 0 Å². The summed E-state index contributed by atoms with van der Waals surface area (Å²) in [5, 5.41) is 8.51. The SMILES string of the molecule is COc1ccccc1C1C=C(c2ccc(Cl)cc2)Nc2nc(N3C(=O)c4ccccc4C3=O)nn21. The van der Waals surface area contributed by atoms with Crippen molar-refractivity contribution >= 4 is 41.0 Å². The fourth-order valence-electron chi connectivity index (χ4n) is 4.38. The van der Waals surface area contributed by atoms with Gasteiger partial charge in [0.25, 0.3) is 17.8 Å². The van der Waals surface area contributed by atoms with Crippen molar-refractivity contribution in [2.45, 2.75) is 6.04 Å². The molecule has 1 aromatic heterocycles. The summed E-state index contributed by atoms with van der Waals surface area (Å²) in [7, 11) is 1.61. The number of para-hydroxylation sites is 1. The number of benzene rings is 3. The second-order valence-electron chi connectivity index (χ2n) is 8.07. The summed E-state index contributed by atoms with van der Waals surface area (Å²) in [6.07, 6.45) is 1.99. The van der Waals surface area contributed by atoms with E-state index < -0.39 is 17.9 Å². The number of carbonyl (C=O) groups excluding carboxylic acids is 2. The van der Waals surface area contributed by atoms with E-state index in [2.05, 4.69) is 15.4 Å². The number of allylic oxidation sites excluding steroid dienone is 1. The van der Waals surface area contributed by atoms with E-state index in [0.717, 1.165) is 21.7 Å². The molecule has 9 heteroatoms. The number of carbonyl (C=O) groups is 2. The normalized spacial score (nSPS) is 16.5. The maximum absolute atomic E-state index is 13.0. The number of hydrogen-bond acceptors (Lipinski definition) is 6. The summed E-state index contributed by atoms with van der Waals surface area (Å²) in [4.78, 5) is 31.7. The minimum absolute atomic E-state index is 0.00403. The maximum Gasteiger partial charge on any atom is 0.268 e. The highest BCUT2D eigenvalue weighted by atomic mass is 35.5. The van der Waals surface area contributed by atoms with Crippen molar-refractivity contribution in [3.8, 4) is 5.75 Å². The van der Waals surface area contributed by atoms with E-state index in [1.165, 1.54) is 0 Å². The van der Waals surface area contributed by atoms with Gasteiger partial charge >= 0.3 is 0 Å². The number of imide groups is 1. The first-order valence-electron chi connectivity index (χ1n) is 10.9. The van der Waals surface area contributed by atoms with E-state index in [-0.39, 0.29) is 5.95 Å². The Labute approximate surface area is 205 Å². The molecule has 0 radical (unpaired) electrons. The number of fused-ring (bicyclic) bond motifs is 2. The number of nitrogens with one attached hydrogen (secondary N) is 1. The van der Waals surface area contributed by atoms with Crippen LogP contribution in [0.5, 0.6) is 5.75 Å². The molecule has 0 bridgehead atoms. The summed E-state index contributed by atoms with van der Waals surface area (Å²) in [5.41, 5.74) is 3.19. The van der Waals surface area contributed by atoms with Gasteiger partial charge in [0, 0.05) is 16.3 Å². The number of aromatic nitrogens is 3. The molecule has 1 N–H and O–H groups in total. The van der Waals surface area contributed by atoms with Crippen molar-refractivity contribution < 1.29 is 14.3 Å². The van der Waals surface area contributed by atoms with Crippen molar-refractivity contribution in [3.05, 3.63) is 106 Å². The molecule has 2 aliphatic rings. The fourth-order valence-corrected chi connectivity index (χ4v) is 4.50. The highest BCUT2D eigenvalue weighted by Crippen LogP contribution is 2.38. The molecule has 8 nitrogen and oxygen atoms in total. The first-order chi connectivity index (χ1) is 17.0. The summed E-state index contributed by atoms with van der Waals surface area (Å²) in [5.74, 6) is 0.167. The zero-order valence-corrected chi connectivity index (χ0v) is 19.2. The topological polar surface area (TPSA) is 89.3 Å². The van der Waals surface area contributed by atoms with Gasteiger partial charge < -0.3 is 10.1 Å². The summed E-state index contributed by atoms with van der Waals surface area (Å²) in [6.45, 7) is 0. The molecular weight excluding hydrogens is 466 g/mol. The fraction of sp³-hybridized carbons (Fsp3) is 0.0769. The largest absolute Gasteiger partial charge is 0.496 e. The molecule has 0 saturated heterocycles. The van der Waals surface area contributed by atoms with Gasteiger partial charge in [0.05, 0.1) is 18.2 Å². The van der Waals surface area contributed by atoms with E-state index in [4.69, 9.17) is 16.3 Å². The highest BCUT2D eigenvalue weighted by molar-refractivity contribution is 6.33. The number of hydrogen-bond donors (Lipinski definition) is 1. The van der Waals surface area contributed by atoms with Gasteiger partial charge in [0.15, 0.2) is 0 Å². The molecule has 0 spiro atoms. The van der Waals surface area contributed by atoms with Crippen LogP contribution in [0.2, 0.25) is 5.02 Å². The number of amides is 2. The first kappa shape index (κ1) is 21.1. The summed E-state index contributed by atoms with van der Waals surface area (Å²) < 4.78 is 7.25. The van der Waals surface area contributed by atoms with Crippen LogP contribution in [0.3, 0.4) is 0 Å². The maximum atomic E-state index is 13.0. The molecule has 2 aliphatic heterocycles. The lowest BCUT2D eigenvalue weighted by atomic mass is 10.0. The molecule has 1 atom stereocenters. The summed E-state index contributed by atoms with van der Waals surface area (Å²) >= 11 is 6.09. The monoisotopic (exact) mass is 483 g/mol. The van der Waals surface area contributed by atoms with Crippen molar-refractivity contribution in [3.63, 3.8) is 0 Å². The third-order valence-electron chi connectivity index (χ3n) is 6.06. The Balaban J connectivity index is 1.47. The lowest BCUT2D eigenvalue weighted by molar-refractivity contribution is 0.0923. The average Bonchev–Trinajstić information content (AvgIpc) is 3.42. The molecule has 172 valence electrons. The molecule has 3 heterocycles. The molecule has 2 amide bonds. The van der Waals surface area contributed by atoms with Crippen LogP contribution in [-0.4, -0.2) is 33.7 Å². The molecule has 6 rings (SSSR count). The second-order valence-corrected chi connectivity index (χ2v) is 8.51. The zero-order chi connectivity index (χ0) is 24.1. The predicted molar refractivity (Wildman–Crippen MR) is 132 cm³/mol. The van der Waals surface area contributed by atoms with Gasteiger partial charge in [-0.05, 0) is 42.0 Å². The van der Waals surface area contributed by atoms with Crippen molar-refractivity contribution in [1.82, 2.24) is 14.8 Å². The number of rotatable bonds is 4. The Morgan fingerprint density at radius 3 is 2.26 bits per heavy atom. The van der Waals surface area contributed by atoms with Crippen LogP contribution >= 0.6 is 11.6 Å². The second kappa shape index (κ2) is 8.11. The Morgan fingerprint density at radius 2 is 1.57 bits per heavy atom. The number of halogens is 1. The zero-order valence-electron chi connectivity index (χ0n) is 18.5. The molecule has 1 unspecified atom stereocenters. The number of anilines is 2. The van der Waals surface area contributed by atoms with E-state index in [0.29, 0.717) is 27.8 Å². The minimum atomic E-state index is -0.451. The first-order valence-corrected chi connectivity index (χ1v) is 11.2. The molecule has 3 aromatic carbocycles. The van der Waals surface area contributed by atoms with Crippen molar-refractivity contribution in [1.29, 1.82) is 0 Å². The number of nitrogens with zero attached hydrogens (tertiary/aromatic N) is 4. The molecule has 4 aromatic rings. The summed E-state index contributed by atoms with van der Waals surface area (Å²) in [6, 6.07) is 21.3. The van der Waals surface area contributed by atoms with Gasteiger partial charge in [-0.2, -0.15) is 4.98 Å².